The molecule has 4 aromatic carbocycles. The third-order valence-electron chi connectivity index (χ3n) is 10.0. The standard InChI is InChI=1S/C38H42N2O6/c1-39-15-13-25-19-35(43-3)37-21-27(25)29(39)9-5-23-7-11-31(41)33(17-23)46-38-22-28-26(20-36(38)44-4)14-16-40(2)30(28)10-6-24-8-12-32(42)34(18-24)45-37/h7-8,11-12,17-22,29-30,41-42H,5-6,9-10,13-16H2,1-4H3/t29-,30+. The molecule has 8 bridgehead atoms. The summed E-state index contributed by atoms with van der Waals surface area (Å²) in [6, 6.07) is 19.9. The lowest BCUT2D eigenvalue weighted by Gasteiger charge is -2.35. The van der Waals surface area contributed by atoms with E-state index in [0.29, 0.717) is 34.5 Å². The number of hydrogen-bond donors (Lipinski definition) is 2. The van der Waals surface area contributed by atoms with Gasteiger partial charge in [0.15, 0.2) is 46.0 Å². The zero-order valence-corrected chi connectivity index (χ0v) is 27.0. The Morgan fingerprint density at radius 1 is 0.587 bits per heavy atom. The maximum absolute atomic E-state index is 10.9. The van der Waals surface area contributed by atoms with E-state index in [1.54, 1.807) is 26.4 Å². The van der Waals surface area contributed by atoms with Crippen LogP contribution < -0.4 is 18.9 Å². The highest BCUT2D eigenvalue weighted by Gasteiger charge is 2.29. The van der Waals surface area contributed by atoms with Crippen molar-refractivity contribution in [1.29, 1.82) is 0 Å². The van der Waals surface area contributed by atoms with Crippen molar-refractivity contribution < 1.29 is 29.2 Å². The van der Waals surface area contributed by atoms with Crippen LogP contribution in [0.4, 0.5) is 0 Å². The van der Waals surface area contributed by atoms with E-state index in [9.17, 15) is 10.2 Å². The van der Waals surface area contributed by atoms with E-state index in [-0.39, 0.29) is 23.6 Å². The molecule has 2 atom stereocenters. The van der Waals surface area contributed by atoms with Crippen LogP contribution in [-0.2, 0) is 25.7 Å². The van der Waals surface area contributed by atoms with Gasteiger partial charge < -0.3 is 29.2 Å². The average molecular weight is 623 g/mol. The zero-order valence-electron chi connectivity index (χ0n) is 27.0. The molecule has 0 unspecified atom stereocenters. The summed E-state index contributed by atoms with van der Waals surface area (Å²) in [6.07, 6.45) is 5.10. The molecule has 4 aromatic rings. The molecule has 2 N–H and O–H groups in total. The number of aromatic hydroxyl groups is 2. The predicted octanol–water partition coefficient (Wildman–Crippen LogP) is 7.34. The molecule has 0 spiro atoms. The lowest BCUT2D eigenvalue weighted by Crippen LogP contribution is -2.32. The molecule has 7 rings (SSSR count). The van der Waals surface area contributed by atoms with Gasteiger partial charge in [-0.3, -0.25) is 9.80 Å². The van der Waals surface area contributed by atoms with E-state index >= 15 is 0 Å². The highest BCUT2D eigenvalue weighted by molar-refractivity contribution is 5.55. The van der Waals surface area contributed by atoms with Crippen LogP contribution in [-0.4, -0.2) is 61.4 Å². The molecule has 0 aromatic heterocycles. The quantitative estimate of drug-likeness (QED) is 0.240. The summed E-state index contributed by atoms with van der Waals surface area (Å²) in [5.41, 5.74) is 7.02. The van der Waals surface area contributed by atoms with E-state index in [2.05, 4.69) is 48.2 Å². The monoisotopic (exact) mass is 622 g/mol. The Hall–Kier alpha value is -4.40. The lowest BCUT2D eigenvalue weighted by atomic mass is 9.88. The number of hydrogen-bond acceptors (Lipinski definition) is 8. The Bertz CT molecular complexity index is 1640. The van der Waals surface area contributed by atoms with Gasteiger partial charge in [-0.2, -0.15) is 0 Å². The molecule has 0 fully saturated rings. The van der Waals surface area contributed by atoms with Crippen molar-refractivity contribution in [3.63, 3.8) is 0 Å². The average Bonchev–Trinajstić information content (AvgIpc) is 3.05. The van der Waals surface area contributed by atoms with Crippen LogP contribution in [0.25, 0.3) is 0 Å². The molecule has 0 radical (unpaired) electrons. The molecule has 240 valence electrons. The Balaban J connectivity index is 1.34. The molecule has 8 heteroatoms. The number of benzene rings is 4. The third-order valence-corrected chi connectivity index (χ3v) is 10.0. The number of ether oxygens (including phenoxy) is 4. The van der Waals surface area contributed by atoms with Gasteiger partial charge in [-0.25, -0.2) is 0 Å². The van der Waals surface area contributed by atoms with Crippen molar-refractivity contribution in [1.82, 2.24) is 9.80 Å². The van der Waals surface area contributed by atoms with Gasteiger partial charge in [0, 0.05) is 25.2 Å². The summed E-state index contributed by atoms with van der Waals surface area (Å²) < 4.78 is 24.5. The molecular formula is C38H42N2O6. The van der Waals surface area contributed by atoms with Gasteiger partial charge in [0.25, 0.3) is 0 Å². The Morgan fingerprint density at radius 2 is 1.02 bits per heavy atom. The van der Waals surface area contributed by atoms with Crippen LogP contribution in [0.5, 0.6) is 46.0 Å². The second kappa shape index (κ2) is 12.4. The third kappa shape index (κ3) is 5.72. The number of phenols is 2. The van der Waals surface area contributed by atoms with Crippen LogP contribution in [0.1, 0.15) is 58.3 Å². The van der Waals surface area contributed by atoms with Gasteiger partial charge in [-0.05, 0) is 135 Å². The van der Waals surface area contributed by atoms with E-state index < -0.39 is 0 Å². The largest absolute Gasteiger partial charge is 0.504 e. The first-order valence-corrected chi connectivity index (χ1v) is 16.1. The first-order valence-electron chi connectivity index (χ1n) is 16.1. The number of aryl methyl sites for hydroxylation is 2. The van der Waals surface area contributed by atoms with Crippen LogP contribution in [0.3, 0.4) is 0 Å². The summed E-state index contributed by atoms with van der Waals surface area (Å²) in [7, 11) is 7.63. The number of methoxy groups -OCH3 is 2. The van der Waals surface area contributed by atoms with Crippen molar-refractivity contribution in [2.45, 2.75) is 50.6 Å². The molecule has 3 aliphatic heterocycles. The zero-order chi connectivity index (χ0) is 31.9. The van der Waals surface area contributed by atoms with Crippen molar-refractivity contribution in [3.05, 3.63) is 94.0 Å². The molecule has 3 aliphatic rings. The minimum Gasteiger partial charge on any atom is -0.504 e. The van der Waals surface area contributed by atoms with Crippen molar-refractivity contribution >= 4 is 0 Å². The van der Waals surface area contributed by atoms with Crippen LogP contribution in [0, 0.1) is 0 Å². The molecule has 3 heterocycles. The Kier molecular flexibility index (Phi) is 8.17. The molecule has 0 saturated carbocycles. The van der Waals surface area contributed by atoms with E-state index in [1.165, 1.54) is 22.3 Å². The fourth-order valence-corrected chi connectivity index (χ4v) is 7.33. The fraction of sp³-hybridized carbons (Fsp3) is 0.368. The number of rotatable bonds is 2. The molecule has 0 saturated heterocycles. The fourth-order valence-electron chi connectivity index (χ4n) is 7.33. The maximum atomic E-state index is 10.9. The van der Waals surface area contributed by atoms with Gasteiger partial charge in [0.05, 0.1) is 14.2 Å². The summed E-state index contributed by atoms with van der Waals surface area (Å²) >= 11 is 0. The lowest BCUT2D eigenvalue weighted by molar-refractivity contribution is 0.218. The first kappa shape index (κ1) is 30.3. The van der Waals surface area contributed by atoms with Gasteiger partial charge in [-0.1, -0.05) is 12.1 Å². The van der Waals surface area contributed by atoms with Crippen molar-refractivity contribution in [3.8, 4) is 46.0 Å². The SMILES string of the molecule is COc1cc2c3cc1Oc1cc(ccc1O)CC[C@H]1c4cc(c(OC)cc4CCN1C)Oc1cc(ccc1O)CC[C@H]3N(C)CC2. The summed E-state index contributed by atoms with van der Waals surface area (Å²) in [6.45, 7) is 1.87. The second-order valence-electron chi connectivity index (χ2n) is 12.8. The molecule has 0 aliphatic carbocycles. The van der Waals surface area contributed by atoms with E-state index in [4.69, 9.17) is 18.9 Å². The first-order chi connectivity index (χ1) is 22.3. The second-order valence-corrected chi connectivity index (χ2v) is 12.8. The molecule has 0 amide bonds. The minimum atomic E-state index is 0.0940. The van der Waals surface area contributed by atoms with Crippen LogP contribution in [0.15, 0.2) is 60.7 Å². The van der Waals surface area contributed by atoms with E-state index in [0.717, 1.165) is 62.7 Å². The van der Waals surface area contributed by atoms with Gasteiger partial charge >= 0.3 is 0 Å². The van der Waals surface area contributed by atoms with Crippen LogP contribution >= 0.6 is 0 Å². The van der Waals surface area contributed by atoms with Crippen molar-refractivity contribution in [2.24, 2.45) is 0 Å². The van der Waals surface area contributed by atoms with E-state index in [1.807, 2.05) is 24.3 Å². The minimum absolute atomic E-state index is 0.0940. The van der Waals surface area contributed by atoms with Crippen molar-refractivity contribution in [2.75, 3.05) is 41.4 Å². The summed E-state index contributed by atoms with van der Waals surface area (Å²) in [5.74, 6) is 3.51. The number of likely N-dealkylation sites (N-methyl/N-ethyl adjacent to an activating group) is 2. The number of fused-ring (bicyclic) bond motifs is 6. The topological polar surface area (TPSA) is 83.9 Å². The van der Waals surface area contributed by atoms with Crippen LogP contribution in [0.2, 0.25) is 0 Å². The predicted molar refractivity (Wildman–Crippen MR) is 177 cm³/mol. The van der Waals surface area contributed by atoms with Gasteiger partial charge in [-0.15, -0.1) is 0 Å². The molecule has 8 nitrogen and oxygen atoms in total. The summed E-state index contributed by atoms with van der Waals surface area (Å²) in [4.78, 5) is 4.76. The maximum Gasteiger partial charge on any atom is 0.169 e. The Morgan fingerprint density at radius 3 is 1.43 bits per heavy atom. The highest BCUT2D eigenvalue weighted by atomic mass is 16.5. The number of nitrogens with zero attached hydrogens (tertiary/aromatic N) is 2. The smallest absolute Gasteiger partial charge is 0.169 e. The summed E-state index contributed by atoms with van der Waals surface area (Å²) in [5, 5.41) is 21.7. The Labute approximate surface area is 270 Å². The molecular weight excluding hydrogens is 580 g/mol. The normalized spacial score (nSPS) is 19.8. The molecule has 46 heavy (non-hydrogen) atoms. The highest BCUT2D eigenvalue weighted by Crippen LogP contribution is 2.45. The van der Waals surface area contributed by atoms with Gasteiger partial charge in [0.1, 0.15) is 0 Å². The van der Waals surface area contributed by atoms with Gasteiger partial charge in [0.2, 0.25) is 0 Å². The number of phenolic OH excluding ortho intramolecular Hbond substituents is 2.